The van der Waals surface area contributed by atoms with Gasteiger partial charge in [0.2, 0.25) is 11.9 Å². The van der Waals surface area contributed by atoms with Gasteiger partial charge in [0.15, 0.2) is 0 Å². The predicted octanol–water partition coefficient (Wildman–Crippen LogP) is 6.65. The van der Waals surface area contributed by atoms with Crippen LogP contribution in [0.3, 0.4) is 0 Å². The Bertz CT molecular complexity index is 2760. The zero-order valence-electron chi connectivity index (χ0n) is 27.4. The molecule has 19 nitrogen and oxygen atoms in total. The molecule has 276 valence electrons. The van der Waals surface area contributed by atoms with Crippen LogP contribution in [0.5, 0.6) is 6.01 Å². The van der Waals surface area contributed by atoms with Crippen LogP contribution < -0.4 is 15.9 Å². The highest BCUT2D eigenvalue weighted by atomic mass is 32.2. The lowest BCUT2D eigenvalue weighted by Gasteiger charge is -2.10. The third-order valence-electron chi connectivity index (χ3n) is 7.39. The molecule has 1 aromatic heterocycles. The van der Waals surface area contributed by atoms with Crippen LogP contribution in [-0.4, -0.2) is 55.8 Å². The Morgan fingerprint density at radius 2 is 1.20 bits per heavy atom. The number of hydrogen-bond acceptors (Lipinski definition) is 15. The van der Waals surface area contributed by atoms with Gasteiger partial charge in [-0.05, 0) is 91.3 Å². The maximum absolute atomic E-state index is 12.1. The third-order valence-corrected chi connectivity index (χ3v) is 10.1. The van der Waals surface area contributed by atoms with Gasteiger partial charge < -0.3 is 25.5 Å². The van der Waals surface area contributed by atoms with Crippen molar-refractivity contribution in [3.8, 4) is 6.01 Å². The van der Waals surface area contributed by atoms with E-state index >= 15 is 0 Å². The lowest BCUT2D eigenvalue weighted by atomic mass is 10.1. The minimum atomic E-state index is -4.83. The highest BCUT2D eigenvalue weighted by molar-refractivity contribution is 7.86. The number of azo groups is 2. The molecule has 0 fully saturated rings. The van der Waals surface area contributed by atoms with Gasteiger partial charge in [-0.1, -0.05) is 18.2 Å². The van der Waals surface area contributed by atoms with Crippen molar-refractivity contribution in [1.29, 1.82) is 0 Å². The fourth-order valence-electron chi connectivity index (χ4n) is 4.96. The minimum absolute atomic E-state index is 0.000971. The second-order valence-corrected chi connectivity index (χ2v) is 15.7. The second kappa shape index (κ2) is 14.8. The number of aryl methyl sites for hydroxylation is 1. The first-order chi connectivity index (χ1) is 25.4. The van der Waals surface area contributed by atoms with E-state index in [-0.39, 0.29) is 45.0 Å². The first kappa shape index (κ1) is 37.7. The zero-order valence-corrected chi connectivity index (χ0v) is 29.9. The number of fused-ring (bicyclic) bond motifs is 1. The number of hydrogen-bond donors (Lipinski definition) is 7. The molecule has 0 spiro atoms. The summed E-state index contributed by atoms with van der Waals surface area (Å²) < 4.78 is 79.0. The van der Waals surface area contributed by atoms with Crippen molar-refractivity contribution < 1.29 is 45.4 Å². The van der Waals surface area contributed by atoms with Gasteiger partial charge in [-0.3, -0.25) is 13.7 Å². The number of nitrogens with one attached hydrogen (secondary N) is 2. The summed E-state index contributed by atoms with van der Waals surface area (Å²) in [5.41, 5.74) is 2.59. The summed E-state index contributed by atoms with van der Waals surface area (Å²) in [6.45, 7) is 1.78. The van der Waals surface area contributed by atoms with Gasteiger partial charge in [0.25, 0.3) is 20.2 Å². The Balaban J connectivity index is 1.16. The summed E-state index contributed by atoms with van der Waals surface area (Å²) in [5.74, 6) is -0.0255. The van der Waals surface area contributed by atoms with Crippen molar-refractivity contribution in [2.24, 2.45) is 20.5 Å². The first-order valence-corrected chi connectivity index (χ1v) is 19.6. The second-order valence-electron chi connectivity index (χ2n) is 11.3. The van der Waals surface area contributed by atoms with Crippen LogP contribution in [-0.2, 0) is 24.8 Å². The summed E-state index contributed by atoms with van der Waals surface area (Å²) in [4.78, 5) is 29.6. The van der Waals surface area contributed by atoms with E-state index < -0.39 is 43.6 Å². The van der Waals surface area contributed by atoms with E-state index in [1.165, 1.54) is 48.5 Å². The number of rotatable bonds is 11. The molecule has 0 aliphatic rings. The standard InChI is InChI=1S/C32H26N9O10PS2/c1-18-14-22(40-39-21-4-2-5-24(15-21)52(43,44)45)12-13-27(18)34-31-35-30(36-32(42)37-31)33-19-8-10-20(11-9-19)38-41-23-16-26-25(29(17-23)54(49,50)51)6-3-7-28(26)53(46,47)48/h2-17H,1H3,(H2,43,44,45)(H,46,47,48)(H,49,50,51)(H3,33,34,35,36,37,42). The summed E-state index contributed by atoms with van der Waals surface area (Å²) in [5, 5.41) is 31.8. The first-order valence-electron chi connectivity index (χ1n) is 15.1. The summed E-state index contributed by atoms with van der Waals surface area (Å²) in [7, 11) is -14.0. The molecular weight excluding hydrogens is 766 g/mol. The number of nitrogens with zero attached hydrogens (tertiary/aromatic N) is 7. The molecule has 0 unspecified atom stereocenters. The van der Waals surface area contributed by atoms with E-state index in [1.54, 1.807) is 43.3 Å². The van der Waals surface area contributed by atoms with Crippen LogP contribution in [0.2, 0.25) is 0 Å². The molecule has 0 aliphatic carbocycles. The Kier molecular flexibility index (Phi) is 10.3. The van der Waals surface area contributed by atoms with E-state index in [0.29, 0.717) is 22.6 Å². The van der Waals surface area contributed by atoms with Crippen LogP contribution in [0, 0.1) is 6.92 Å². The van der Waals surface area contributed by atoms with E-state index in [1.807, 2.05) is 0 Å². The quantitative estimate of drug-likeness (QED) is 0.0410. The van der Waals surface area contributed by atoms with E-state index in [2.05, 4.69) is 46.0 Å². The van der Waals surface area contributed by atoms with Crippen molar-refractivity contribution in [3.63, 3.8) is 0 Å². The summed E-state index contributed by atoms with van der Waals surface area (Å²) >= 11 is 0. The van der Waals surface area contributed by atoms with Gasteiger partial charge in [-0.15, -0.1) is 0 Å². The average Bonchev–Trinajstić information content (AvgIpc) is 3.09. The average molecular weight is 792 g/mol. The normalized spacial score (nSPS) is 12.5. The minimum Gasteiger partial charge on any atom is -0.479 e. The molecule has 22 heteroatoms. The molecule has 0 saturated carbocycles. The Hall–Kier alpha value is -6.06. The van der Waals surface area contributed by atoms with Crippen molar-refractivity contribution in [1.82, 2.24) is 15.0 Å². The highest BCUT2D eigenvalue weighted by Gasteiger charge is 2.21. The number of benzene rings is 5. The molecule has 0 aliphatic heterocycles. The molecule has 0 bridgehead atoms. The van der Waals surface area contributed by atoms with Crippen LogP contribution in [0.25, 0.3) is 10.8 Å². The lowest BCUT2D eigenvalue weighted by molar-refractivity contribution is 0.387. The molecule has 6 rings (SSSR count). The van der Waals surface area contributed by atoms with Gasteiger partial charge in [0.05, 0.1) is 28.1 Å². The highest BCUT2D eigenvalue weighted by Crippen LogP contribution is 2.36. The van der Waals surface area contributed by atoms with Gasteiger partial charge >= 0.3 is 13.6 Å². The fraction of sp³-hybridized carbons (Fsp3) is 0.0312. The van der Waals surface area contributed by atoms with Crippen LogP contribution >= 0.6 is 7.60 Å². The van der Waals surface area contributed by atoms with Crippen LogP contribution in [0.1, 0.15) is 5.56 Å². The van der Waals surface area contributed by atoms with Crippen molar-refractivity contribution in [2.75, 3.05) is 10.6 Å². The van der Waals surface area contributed by atoms with E-state index in [0.717, 1.165) is 12.1 Å². The fourth-order valence-corrected chi connectivity index (χ4v) is 6.96. The topological polar surface area (TPSA) is 299 Å². The molecule has 0 saturated heterocycles. The van der Waals surface area contributed by atoms with Gasteiger partial charge in [-0.2, -0.15) is 52.2 Å². The monoisotopic (exact) mass is 791 g/mol. The maximum atomic E-state index is 12.1. The van der Waals surface area contributed by atoms with Crippen molar-refractivity contribution >= 4 is 89.9 Å². The lowest BCUT2D eigenvalue weighted by Crippen LogP contribution is -2.04. The van der Waals surface area contributed by atoms with Crippen LogP contribution in [0.15, 0.2) is 127 Å². The van der Waals surface area contributed by atoms with Crippen molar-refractivity contribution in [3.05, 3.63) is 103 Å². The Labute approximate surface area is 305 Å². The Morgan fingerprint density at radius 3 is 1.85 bits per heavy atom. The van der Waals surface area contributed by atoms with E-state index in [9.17, 15) is 45.4 Å². The number of aromatic nitrogens is 3. The molecule has 0 atom stereocenters. The molecule has 0 radical (unpaired) electrons. The summed E-state index contributed by atoms with van der Waals surface area (Å²) in [6.07, 6.45) is 0. The smallest absolute Gasteiger partial charge is 0.356 e. The molecule has 6 aromatic rings. The van der Waals surface area contributed by atoms with Gasteiger partial charge in [0.1, 0.15) is 9.79 Å². The van der Waals surface area contributed by atoms with E-state index in [4.69, 9.17) is 0 Å². The van der Waals surface area contributed by atoms with Crippen LogP contribution in [0.4, 0.5) is 46.0 Å². The molecule has 5 aromatic carbocycles. The number of aromatic hydroxyl groups is 1. The SMILES string of the molecule is Cc1cc(N=Nc2cccc(P(=O)(O)O)c2)ccc1Nc1nc(O)nc(Nc2ccc(N=Nc3cc(S(=O)(=O)O)c4cccc(S(=O)(=O)O)c4c3)cc2)n1. The molecular formula is C32H26N9O10PS2. The predicted molar refractivity (Wildman–Crippen MR) is 196 cm³/mol. The molecule has 7 N–H and O–H groups in total. The van der Waals surface area contributed by atoms with Gasteiger partial charge in [-0.25, -0.2) is 0 Å². The largest absolute Gasteiger partial charge is 0.479 e. The molecule has 54 heavy (non-hydrogen) atoms. The molecule has 1 heterocycles. The Morgan fingerprint density at radius 1 is 0.611 bits per heavy atom. The summed E-state index contributed by atoms with van der Waals surface area (Å²) in [6, 6.07) is 21.9. The van der Waals surface area contributed by atoms with Crippen molar-refractivity contribution in [2.45, 2.75) is 16.7 Å². The third kappa shape index (κ3) is 9.11. The van der Waals surface area contributed by atoms with Gasteiger partial charge in [0, 0.05) is 22.1 Å². The maximum Gasteiger partial charge on any atom is 0.356 e. The zero-order chi connectivity index (χ0) is 38.8. The molecule has 0 amide bonds. The number of anilines is 4.